The van der Waals surface area contributed by atoms with E-state index in [2.05, 4.69) is 15.3 Å². The van der Waals surface area contributed by atoms with Gasteiger partial charge in [0.1, 0.15) is 11.1 Å². The van der Waals surface area contributed by atoms with Gasteiger partial charge in [-0.2, -0.15) is 0 Å². The minimum Gasteiger partial charge on any atom is -0.372 e. The standard InChI is InChI=1S/C17H30N4O2S/c1-4-23-14(3)17-19-15(12-24-17)11-20-7-9-21(10-8-20)16(22)6-5-13(2)18/h12-14H,4-11,18H2,1-3H3. The van der Waals surface area contributed by atoms with Crippen molar-refractivity contribution < 1.29 is 9.53 Å². The van der Waals surface area contributed by atoms with Gasteiger partial charge in [0.25, 0.3) is 0 Å². The number of amides is 1. The van der Waals surface area contributed by atoms with E-state index in [1.165, 1.54) is 0 Å². The second-order valence-corrected chi connectivity index (χ2v) is 7.34. The van der Waals surface area contributed by atoms with E-state index in [9.17, 15) is 4.79 Å². The van der Waals surface area contributed by atoms with Crippen LogP contribution in [0.3, 0.4) is 0 Å². The van der Waals surface area contributed by atoms with Gasteiger partial charge in [0.2, 0.25) is 5.91 Å². The topological polar surface area (TPSA) is 71.7 Å². The molecule has 0 saturated carbocycles. The van der Waals surface area contributed by atoms with E-state index in [-0.39, 0.29) is 18.1 Å². The van der Waals surface area contributed by atoms with Gasteiger partial charge in [-0.25, -0.2) is 4.98 Å². The lowest BCUT2D eigenvalue weighted by Crippen LogP contribution is -2.48. The van der Waals surface area contributed by atoms with Crippen LogP contribution in [0.1, 0.15) is 50.4 Å². The first-order valence-electron chi connectivity index (χ1n) is 8.81. The third-order valence-corrected chi connectivity index (χ3v) is 5.31. The second-order valence-electron chi connectivity index (χ2n) is 6.45. The molecule has 2 rings (SSSR count). The zero-order valence-electron chi connectivity index (χ0n) is 15.0. The first-order valence-corrected chi connectivity index (χ1v) is 9.69. The molecule has 7 heteroatoms. The number of aromatic nitrogens is 1. The third-order valence-electron chi connectivity index (χ3n) is 4.26. The van der Waals surface area contributed by atoms with Gasteiger partial charge in [-0.15, -0.1) is 11.3 Å². The third kappa shape index (κ3) is 5.81. The quantitative estimate of drug-likeness (QED) is 0.773. The smallest absolute Gasteiger partial charge is 0.222 e. The molecule has 1 fully saturated rings. The molecule has 1 aliphatic rings. The highest BCUT2D eigenvalue weighted by atomic mass is 32.1. The normalized spacial score (nSPS) is 18.6. The summed E-state index contributed by atoms with van der Waals surface area (Å²) in [6, 6.07) is 0.0909. The van der Waals surface area contributed by atoms with Crippen LogP contribution in [-0.2, 0) is 16.1 Å². The predicted octanol–water partition coefficient (Wildman–Crippen LogP) is 2.01. The van der Waals surface area contributed by atoms with E-state index >= 15 is 0 Å². The molecule has 0 bridgehead atoms. The fraction of sp³-hybridized carbons (Fsp3) is 0.765. The van der Waals surface area contributed by atoms with Crippen LogP contribution in [0.5, 0.6) is 0 Å². The van der Waals surface area contributed by atoms with Crippen LogP contribution in [0.25, 0.3) is 0 Å². The molecule has 0 spiro atoms. The van der Waals surface area contributed by atoms with Crippen molar-refractivity contribution in [3.63, 3.8) is 0 Å². The molecule has 1 aromatic heterocycles. The average Bonchev–Trinajstić information content (AvgIpc) is 3.02. The molecule has 6 nitrogen and oxygen atoms in total. The lowest BCUT2D eigenvalue weighted by Gasteiger charge is -2.34. The summed E-state index contributed by atoms with van der Waals surface area (Å²) in [5.41, 5.74) is 6.82. The number of nitrogens with zero attached hydrogens (tertiary/aromatic N) is 3. The first kappa shape index (κ1) is 19.3. The highest BCUT2D eigenvalue weighted by molar-refractivity contribution is 7.09. The molecule has 0 aromatic carbocycles. The predicted molar refractivity (Wildman–Crippen MR) is 96.9 cm³/mol. The van der Waals surface area contributed by atoms with Crippen molar-refractivity contribution in [3.8, 4) is 0 Å². The van der Waals surface area contributed by atoms with Crippen LogP contribution in [0.2, 0.25) is 0 Å². The zero-order chi connectivity index (χ0) is 17.5. The zero-order valence-corrected chi connectivity index (χ0v) is 15.8. The summed E-state index contributed by atoms with van der Waals surface area (Å²) >= 11 is 1.66. The Hall–Kier alpha value is -1.02. The van der Waals surface area contributed by atoms with Crippen LogP contribution < -0.4 is 5.73 Å². The van der Waals surface area contributed by atoms with Crippen molar-refractivity contribution in [2.45, 2.75) is 52.3 Å². The number of rotatable bonds is 8. The van der Waals surface area contributed by atoms with Crippen LogP contribution in [-0.4, -0.2) is 59.5 Å². The summed E-state index contributed by atoms with van der Waals surface area (Å²) in [5, 5.41) is 3.15. The molecule has 1 aliphatic heterocycles. The fourth-order valence-electron chi connectivity index (χ4n) is 2.80. The Bertz CT molecular complexity index is 512. The van der Waals surface area contributed by atoms with Crippen molar-refractivity contribution >= 4 is 17.2 Å². The number of ether oxygens (including phenoxy) is 1. The molecule has 24 heavy (non-hydrogen) atoms. The maximum atomic E-state index is 12.1. The number of nitrogens with two attached hydrogens (primary N) is 1. The highest BCUT2D eigenvalue weighted by Gasteiger charge is 2.22. The minimum absolute atomic E-state index is 0.0631. The van der Waals surface area contributed by atoms with Crippen LogP contribution >= 0.6 is 11.3 Å². The van der Waals surface area contributed by atoms with E-state index in [0.29, 0.717) is 13.0 Å². The number of carbonyl (C=O) groups excluding carboxylic acids is 1. The van der Waals surface area contributed by atoms with Gasteiger partial charge in [-0.05, 0) is 27.2 Å². The van der Waals surface area contributed by atoms with E-state index in [0.717, 1.165) is 49.8 Å². The lowest BCUT2D eigenvalue weighted by molar-refractivity contribution is -0.133. The average molecular weight is 355 g/mol. The first-order chi connectivity index (χ1) is 11.5. The number of thiazole rings is 1. The minimum atomic E-state index is 0.0631. The van der Waals surface area contributed by atoms with Crippen molar-refractivity contribution in [1.29, 1.82) is 0 Å². The Balaban J connectivity index is 1.76. The van der Waals surface area contributed by atoms with Gasteiger partial charge in [0.15, 0.2) is 0 Å². The summed E-state index contributed by atoms with van der Waals surface area (Å²) in [6.07, 6.45) is 1.38. The fourth-order valence-corrected chi connectivity index (χ4v) is 3.61. The molecular formula is C17H30N4O2S. The van der Waals surface area contributed by atoms with E-state index in [4.69, 9.17) is 10.5 Å². The molecule has 1 amide bonds. The van der Waals surface area contributed by atoms with Gasteiger partial charge in [0.05, 0.1) is 5.69 Å². The van der Waals surface area contributed by atoms with Gasteiger partial charge >= 0.3 is 0 Å². The molecule has 1 aromatic rings. The van der Waals surface area contributed by atoms with E-state index in [1.54, 1.807) is 11.3 Å². The van der Waals surface area contributed by atoms with Crippen LogP contribution in [0, 0.1) is 0 Å². The van der Waals surface area contributed by atoms with Crippen molar-refractivity contribution in [1.82, 2.24) is 14.8 Å². The molecule has 2 unspecified atom stereocenters. The Kier molecular flexibility index (Phi) is 7.61. The molecule has 1 saturated heterocycles. The SMILES string of the molecule is CCOC(C)c1nc(CN2CCN(C(=O)CCC(C)N)CC2)cs1. The highest BCUT2D eigenvalue weighted by Crippen LogP contribution is 2.22. The van der Waals surface area contributed by atoms with Gasteiger partial charge in [0, 0.05) is 57.2 Å². The Morgan fingerprint density at radius 3 is 2.71 bits per heavy atom. The second kappa shape index (κ2) is 9.46. The Labute approximate surface area is 149 Å². The molecule has 0 radical (unpaired) electrons. The summed E-state index contributed by atoms with van der Waals surface area (Å²) in [4.78, 5) is 21.1. The number of hydrogen-bond donors (Lipinski definition) is 1. The van der Waals surface area contributed by atoms with Crippen LogP contribution in [0.4, 0.5) is 0 Å². The van der Waals surface area contributed by atoms with Gasteiger partial charge in [-0.1, -0.05) is 0 Å². The largest absolute Gasteiger partial charge is 0.372 e. The van der Waals surface area contributed by atoms with Crippen molar-refractivity contribution in [2.24, 2.45) is 5.73 Å². The monoisotopic (exact) mass is 354 g/mol. The molecular weight excluding hydrogens is 324 g/mol. The summed E-state index contributed by atoms with van der Waals surface area (Å²) in [7, 11) is 0. The Morgan fingerprint density at radius 1 is 1.38 bits per heavy atom. The van der Waals surface area contributed by atoms with E-state index < -0.39 is 0 Å². The van der Waals surface area contributed by atoms with Crippen molar-refractivity contribution in [3.05, 3.63) is 16.1 Å². The Morgan fingerprint density at radius 2 is 2.08 bits per heavy atom. The van der Waals surface area contributed by atoms with Gasteiger partial charge < -0.3 is 15.4 Å². The number of carbonyl (C=O) groups is 1. The summed E-state index contributed by atoms with van der Waals surface area (Å²) in [5.74, 6) is 0.230. The van der Waals surface area contributed by atoms with E-state index in [1.807, 2.05) is 25.7 Å². The lowest BCUT2D eigenvalue weighted by atomic mass is 10.1. The summed E-state index contributed by atoms with van der Waals surface area (Å²) in [6.45, 7) is 10.9. The molecule has 2 heterocycles. The molecule has 2 atom stereocenters. The molecule has 136 valence electrons. The maximum absolute atomic E-state index is 12.1. The van der Waals surface area contributed by atoms with Gasteiger partial charge in [-0.3, -0.25) is 9.69 Å². The number of piperazine rings is 1. The summed E-state index contributed by atoms with van der Waals surface area (Å²) < 4.78 is 5.59. The number of hydrogen-bond acceptors (Lipinski definition) is 6. The maximum Gasteiger partial charge on any atom is 0.222 e. The molecule has 2 N–H and O–H groups in total. The van der Waals surface area contributed by atoms with Crippen LogP contribution in [0.15, 0.2) is 5.38 Å². The van der Waals surface area contributed by atoms with Crippen molar-refractivity contribution in [2.75, 3.05) is 32.8 Å². The molecule has 0 aliphatic carbocycles.